The molecule has 104 valence electrons. The van der Waals surface area contributed by atoms with Crippen molar-refractivity contribution in [2.75, 3.05) is 39.8 Å². The van der Waals surface area contributed by atoms with Crippen molar-refractivity contribution in [3.05, 3.63) is 0 Å². The zero-order chi connectivity index (χ0) is 12.6. The smallest absolute Gasteiger partial charge is 0.0223 e. The molecule has 0 saturated carbocycles. The first-order valence-electron chi connectivity index (χ1n) is 7.81. The highest BCUT2D eigenvalue weighted by atomic mass is 15.3. The molecule has 3 atom stereocenters. The molecule has 0 radical (unpaired) electrons. The van der Waals surface area contributed by atoms with Crippen LogP contribution in [0.5, 0.6) is 0 Å². The average Bonchev–Trinajstić information content (AvgIpc) is 2.59. The van der Waals surface area contributed by atoms with Crippen molar-refractivity contribution in [3.63, 3.8) is 0 Å². The number of hydrogen-bond acceptors (Lipinski definition) is 3. The summed E-state index contributed by atoms with van der Waals surface area (Å²) < 4.78 is 0. The predicted octanol–water partition coefficient (Wildman–Crippen LogP) is 1.54. The lowest BCUT2D eigenvalue weighted by Gasteiger charge is -2.39. The molecular weight excluding hydrogens is 222 g/mol. The predicted molar refractivity (Wildman–Crippen MR) is 75.8 cm³/mol. The van der Waals surface area contributed by atoms with E-state index in [2.05, 4.69) is 29.1 Å². The van der Waals surface area contributed by atoms with E-state index in [1.807, 2.05) is 0 Å². The summed E-state index contributed by atoms with van der Waals surface area (Å²) in [6.45, 7) is 8.85. The van der Waals surface area contributed by atoms with Gasteiger partial charge in [-0.05, 0) is 57.7 Å². The zero-order valence-electron chi connectivity index (χ0n) is 12.1. The van der Waals surface area contributed by atoms with Gasteiger partial charge in [-0.1, -0.05) is 6.92 Å². The van der Waals surface area contributed by atoms with Crippen molar-refractivity contribution in [2.45, 2.75) is 51.1 Å². The van der Waals surface area contributed by atoms with E-state index < -0.39 is 0 Å². The number of hydrogen-bond donors (Lipinski definition) is 1. The zero-order valence-corrected chi connectivity index (χ0v) is 12.1. The van der Waals surface area contributed by atoms with Crippen molar-refractivity contribution in [1.29, 1.82) is 0 Å². The third kappa shape index (κ3) is 2.59. The molecule has 2 bridgehead atoms. The molecule has 3 saturated heterocycles. The Hall–Kier alpha value is -0.120. The Morgan fingerprint density at radius 3 is 2.83 bits per heavy atom. The number of nitrogens with zero attached hydrogens (tertiary/aromatic N) is 2. The molecule has 0 spiro atoms. The van der Waals surface area contributed by atoms with Gasteiger partial charge in [0, 0.05) is 31.7 Å². The molecule has 1 N–H and O–H groups in total. The van der Waals surface area contributed by atoms with Crippen LogP contribution < -0.4 is 5.32 Å². The number of fused-ring (bicyclic) bond motifs is 2. The van der Waals surface area contributed by atoms with Crippen molar-refractivity contribution >= 4 is 0 Å². The first kappa shape index (κ1) is 12.9. The van der Waals surface area contributed by atoms with Crippen molar-refractivity contribution in [2.24, 2.45) is 5.41 Å². The quantitative estimate of drug-likeness (QED) is 0.803. The highest BCUT2D eigenvalue weighted by Gasteiger charge is 2.37. The molecule has 0 aliphatic carbocycles. The summed E-state index contributed by atoms with van der Waals surface area (Å²) in [5.74, 6) is 0. The second-order valence-electron chi connectivity index (χ2n) is 7.17. The van der Waals surface area contributed by atoms with E-state index in [0.717, 1.165) is 12.1 Å². The van der Waals surface area contributed by atoms with Crippen molar-refractivity contribution < 1.29 is 0 Å². The topological polar surface area (TPSA) is 18.5 Å². The SMILES string of the molecule is CN1C2CCC1CN(CC1(C)CCCNC1)CC2. The molecule has 3 heterocycles. The van der Waals surface area contributed by atoms with Gasteiger partial charge >= 0.3 is 0 Å². The maximum Gasteiger partial charge on any atom is 0.0223 e. The highest BCUT2D eigenvalue weighted by molar-refractivity contribution is 4.93. The summed E-state index contributed by atoms with van der Waals surface area (Å²) >= 11 is 0. The van der Waals surface area contributed by atoms with Gasteiger partial charge in [0.2, 0.25) is 0 Å². The first-order chi connectivity index (χ1) is 8.66. The minimum absolute atomic E-state index is 0.514. The molecule has 0 aromatic rings. The van der Waals surface area contributed by atoms with Crippen molar-refractivity contribution in [3.8, 4) is 0 Å². The standard InChI is InChI=1S/C15H29N3/c1-15(7-3-8-16-11-15)12-18-9-6-13-4-5-14(10-18)17(13)2/h13-14,16H,3-12H2,1-2H3. The first-order valence-corrected chi connectivity index (χ1v) is 7.81. The van der Waals surface area contributed by atoms with Crippen molar-refractivity contribution in [1.82, 2.24) is 15.1 Å². The van der Waals surface area contributed by atoms with Crippen LogP contribution in [-0.2, 0) is 0 Å². The van der Waals surface area contributed by atoms with E-state index in [1.54, 1.807) is 0 Å². The molecule has 0 aromatic carbocycles. The van der Waals surface area contributed by atoms with Crippen LogP contribution in [0.15, 0.2) is 0 Å². The minimum Gasteiger partial charge on any atom is -0.316 e. The Kier molecular flexibility index (Phi) is 3.65. The summed E-state index contributed by atoms with van der Waals surface area (Å²) in [5, 5.41) is 3.59. The van der Waals surface area contributed by atoms with Crippen LogP contribution in [0, 0.1) is 5.41 Å². The molecule has 3 unspecified atom stereocenters. The maximum absolute atomic E-state index is 3.59. The van der Waals surface area contributed by atoms with Gasteiger partial charge in [0.1, 0.15) is 0 Å². The van der Waals surface area contributed by atoms with Gasteiger partial charge in [-0.15, -0.1) is 0 Å². The van der Waals surface area contributed by atoms with Gasteiger partial charge in [-0.2, -0.15) is 0 Å². The largest absolute Gasteiger partial charge is 0.316 e. The second-order valence-corrected chi connectivity index (χ2v) is 7.17. The Balaban J connectivity index is 1.60. The molecule has 3 fully saturated rings. The lowest BCUT2D eigenvalue weighted by Crippen LogP contribution is -2.47. The molecule has 3 aliphatic heterocycles. The molecule has 18 heavy (non-hydrogen) atoms. The maximum atomic E-state index is 3.59. The fourth-order valence-electron chi connectivity index (χ4n) is 4.32. The Bertz CT molecular complexity index is 285. The van der Waals surface area contributed by atoms with Crippen LogP contribution in [0.1, 0.15) is 39.0 Å². The van der Waals surface area contributed by atoms with E-state index in [-0.39, 0.29) is 0 Å². The van der Waals surface area contributed by atoms with Gasteiger partial charge in [-0.25, -0.2) is 0 Å². The normalized spacial score (nSPS) is 43.0. The van der Waals surface area contributed by atoms with Crippen LogP contribution in [0.3, 0.4) is 0 Å². The molecule has 3 nitrogen and oxygen atoms in total. The van der Waals surface area contributed by atoms with E-state index in [9.17, 15) is 0 Å². The molecular formula is C15H29N3. The molecule has 3 aliphatic rings. The summed E-state index contributed by atoms with van der Waals surface area (Å²) in [7, 11) is 2.34. The lowest BCUT2D eigenvalue weighted by atomic mass is 9.82. The molecule has 0 aromatic heterocycles. The highest BCUT2D eigenvalue weighted by Crippen LogP contribution is 2.32. The summed E-state index contributed by atoms with van der Waals surface area (Å²) in [6, 6.07) is 1.70. The van der Waals surface area contributed by atoms with Crippen LogP contribution in [0.4, 0.5) is 0 Å². The molecule has 3 heteroatoms. The number of rotatable bonds is 2. The number of likely N-dealkylation sites (N-methyl/N-ethyl adjacent to an activating group) is 1. The minimum atomic E-state index is 0.514. The van der Waals surface area contributed by atoms with Crippen LogP contribution >= 0.6 is 0 Å². The van der Waals surface area contributed by atoms with Gasteiger partial charge in [0.25, 0.3) is 0 Å². The summed E-state index contributed by atoms with van der Waals surface area (Å²) in [5.41, 5.74) is 0.514. The van der Waals surface area contributed by atoms with Gasteiger partial charge in [0.15, 0.2) is 0 Å². The average molecular weight is 251 g/mol. The Morgan fingerprint density at radius 2 is 2.06 bits per heavy atom. The van der Waals surface area contributed by atoms with E-state index in [4.69, 9.17) is 0 Å². The Labute approximate surface area is 112 Å². The number of likely N-dealkylation sites (tertiary alicyclic amines) is 1. The fourth-order valence-corrected chi connectivity index (χ4v) is 4.32. The van der Waals surface area contributed by atoms with Gasteiger partial charge in [-0.3, -0.25) is 4.90 Å². The number of piperidine rings is 1. The van der Waals surface area contributed by atoms with Gasteiger partial charge in [0.05, 0.1) is 0 Å². The van der Waals surface area contributed by atoms with Crippen LogP contribution in [0.2, 0.25) is 0 Å². The summed E-state index contributed by atoms with van der Waals surface area (Å²) in [6.07, 6.45) is 7.01. The van der Waals surface area contributed by atoms with Gasteiger partial charge < -0.3 is 10.2 Å². The van der Waals surface area contributed by atoms with E-state index in [0.29, 0.717) is 5.41 Å². The Morgan fingerprint density at radius 1 is 1.22 bits per heavy atom. The summed E-state index contributed by atoms with van der Waals surface area (Å²) in [4.78, 5) is 5.41. The number of nitrogens with one attached hydrogen (secondary N) is 1. The van der Waals surface area contributed by atoms with E-state index in [1.165, 1.54) is 64.8 Å². The second kappa shape index (κ2) is 5.10. The van der Waals surface area contributed by atoms with Crippen LogP contribution in [-0.4, -0.2) is 61.7 Å². The third-order valence-corrected chi connectivity index (χ3v) is 5.52. The molecule has 0 amide bonds. The van der Waals surface area contributed by atoms with E-state index >= 15 is 0 Å². The lowest BCUT2D eigenvalue weighted by molar-refractivity contribution is 0.123. The van der Waals surface area contributed by atoms with Crippen LogP contribution in [0.25, 0.3) is 0 Å². The monoisotopic (exact) mass is 251 g/mol. The fraction of sp³-hybridized carbons (Fsp3) is 1.00. The molecule has 3 rings (SSSR count). The third-order valence-electron chi connectivity index (χ3n) is 5.52.